The van der Waals surface area contributed by atoms with Crippen LogP contribution in [-0.2, 0) is 131 Å². The number of ketones is 1. The number of aromatic nitrogens is 11. The first kappa shape index (κ1) is 114. The normalized spacial score (nSPS) is 9.91. The molecular weight excluding hydrogens is 2710 g/mol. The fraction of sp³-hybridized carbons (Fsp3) is 0.135. The van der Waals surface area contributed by atoms with Crippen LogP contribution in [0.4, 0.5) is 13.2 Å². The number of carbonyl (C=O) groups is 1. The molecular formula is C104H99F3Ir5N11O2OsP2-3. The Balaban J connectivity index is 0.000000483. The van der Waals surface area contributed by atoms with Crippen molar-refractivity contribution in [1.29, 1.82) is 0 Å². The third-order valence-electron chi connectivity index (χ3n) is 17.2. The van der Waals surface area contributed by atoms with Crippen LogP contribution >= 0.6 is 15.8 Å². The Morgan fingerprint density at radius 2 is 0.812 bits per heavy atom. The molecule has 0 aliphatic carbocycles. The molecule has 0 spiro atoms. The van der Waals surface area contributed by atoms with Gasteiger partial charge in [-0.2, -0.15) is 13.2 Å². The molecule has 0 aliphatic rings. The summed E-state index contributed by atoms with van der Waals surface area (Å²) in [6, 6.07) is 115. The van der Waals surface area contributed by atoms with E-state index in [1.165, 1.54) is 75.5 Å². The summed E-state index contributed by atoms with van der Waals surface area (Å²) in [4.78, 5) is 40.0. The van der Waals surface area contributed by atoms with Crippen molar-refractivity contribution >= 4 is 43.1 Å². The Bertz CT molecular complexity index is 5850. The average Bonchev–Trinajstić information content (AvgIpc) is 0.997. The number of pyridine rings is 7. The van der Waals surface area contributed by atoms with Gasteiger partial charge in [0.2, 0.25) is 0 Å². The molecule has 8 aromatic carbocycles. The van der Waals surface area contributed by atoms with E-state index in [0.717, 1.165) is 85.0 Å². The molecule has 0 unspecified atom stereocenters. The smallest absolute Gasteiger partial charge is 0.574 e. The molecule has 0 fully saturated rings. The monoisotopic (exact) mass is 2810 g/mol. The van der Waals surface area contributed by atoms with E-state index in [1.54, 1.807) is 30.6 Å². The fourth-order valence-electron chi connectivity index (χ4n) is 11.2. The number of hydrogen-bond donors (Lipinski definition) is 1. The van der Waals surface area contributed by atoms with E-state index in [2.05, 4.69) is 270 Å². The minimum atomic E-state index is -4.46. The third kappa shape index (κ3) is 41.8. The zero-order valence-corrected chi connectivity index (χ0v) is 89.4. The Hall–Kier alpha value is -9.77. The Morgan fingerprint density at radius 3 is 1.23 bits per heavy atom. The number of allylic oxidation sites excluding steroid dienone is 2. The van der Waals surface area contributed by atoms with E-state index in [9.17, 15) is 18.0 Å². The third-order valence-corrected chi connectivity index (χ3v) is 20.2. The predicted molar refractivity (Wildman–Crippen MR) is 499 cm³/mol. The molecule has 0 bridgehead atoms. The summed E-state index contributed by atoms with van der Waals surface area (Å²) in [6.07, 6.45) is 7.25. The molecule has 24 heteroatoms. The molecule has 0 aliphatic heterocycles. The molecule has 17 aromatic rings. The van der Waals surface area contributed by atoms with Crippen LogP contribution in [0, 0.1) is 78.8 Å². The van der Waals surface area contributed by atoms with E-state index < -0.39 is 11.9 Å². The topological polar surface area (TPSA) is 182 Å². The van der Waals surface area contributed by atoms with Crippen molar-refractivity contribution in [3.05, 3.63) is 427 Å². The number of benzene rings is 8. The molecule has 0 saturated heterocycles. The van der Waals surface area contributed by atoms with Gasteiger partial charge in [-0.25, -0.2) is 0 Å². The van der Waals surface area contributed by atoms with Crippen molar-refractivity contribution in [2.75, 3.05) is 26.7 Å². The van der Waals surface area contributed by atoms with Crippen LogP contribution in [0.25, 0.3) is 90.0 Å². The maximum absolute atomic E-state index is 12.2. The van der Waals surface area contributed by atoms with Crippen LogP contribution in [0.2, 0.25) is 0 Å². The van der Waals surface area contributed by atoms with Gasteiger partial charge >= 0.3 is 26.0 Å². The van der Waals surface area contributed by atoms with Crippen LogP contribution < -0.4 is 20.8 Å². The van der Waals surface area contributed by atoms with E-state index in [0.29, 0.717) is 5.69 Å². The SMILES string of the molecule is CC(=O)C=C(C)O.C[PH+](C)c1ccccc1.C[PH+](C)c1ccccc1.Cc1cc(-c2ccccn2)[n-]n1.Cc1cc[c-]c(-c2ccc3ccc(C)cc3n2)c1.Cc1cccnc1-c1[c-]cccc1.Cc1ccnc(-c2[c-]cccc2)c1.Cc1cnc(-c2[c-]cccc2)c(C)c1.FC(F)(F)c1cc(-c2ccccn2)[n-]n1.[Ir].[Ir].[Ir].[Ir].[Ir].[Os+2].[c-]1ccccc1-c1ccccn1. The van der Waals surface area contributed by atoms with Gasteiger partial charge in [0.1, 0.15) is 5.69 Å². The van der Waals surface area contributed by atoms with Crippen molar-refractivity contribution in [3.63, 3.8) is 0 Å². The van der Waals surface area contributed by atoms with E-state index in [4.69, 9.17) is 10.1 Å². The standard InChI is InChI=1S/C17H14N.C13H12N.2C12H10N.C11H8N.C9H5F3N3.C9H8N3.2C8H11P.C5H8O2.5Ir.Os/c1-12-4-3-5-15(10-12)16-9-8-14-7-6-13(2)11-17(14)18-16;1-10-8-11(2)13(14-9-10)12-6-4-3-5-7-12;1-10-6-5-9-13-12(10)11-7-3-2-4-8-11;1-10-7-8-13-12(9-10)11-5-3-2-4-6-11;1-2-6-10(7-3-1)11-8-4-5-9-12-11;10-9(11,12)8-5-7(14-15-8)6-3-1-2-4-13-6;1-7-6-9(12-11-7)8-4-2-3-5-10-8;2*1-9(2)8-6-4-3-5-7-8;1-4(6)3-5(2)7;;;;;;/h3-4,6-11H,1-2H3;3-6,8-9H,1-2H3;2-7,9H,1H3;2-5,7-9H,1H3;1-6,8-9H;1-5H;2-6H,1H3;2*3-7H,1-2H3;3,6H,1-2H3;;;;;;/q7*-1;;;;;;;;;+2/p+2. The summed E-state index contributed by atoms with van der Waals surface area (Å²) in [5, 5.41) is 26.9. The first-order valence-electron chi connectivity index (χ1n) is 39.3. The molecule has 128 heavy (non-hydrogen) atoms. The second-order valence-corrected chi connectivity index (χ2v) is 33.3. The van der Waals surface area contributed by atoms with Crippen LogP contribution in [0.1, 0.15) is 58.6 Å². The second kappa shape index (κ2) is 62.5. The number of alkyl halides is 3. The molecule has 0 saturated carbocycles. The van der Waals surface area contributed by atoms with Crippen molar-refractivity contribution in [3.8, 4) is 79.1 Å². The van der Waals surface area contributed by atoms with Gasteiger partial charge in [0.15, 0.2) is 5.78 Å². The number of rotatable bonds is 10. The van der Waals surface area contributed by atoms with Gasteiger partial charge < -0.3 is 45.4 Å². The zero-order valence-electron chi connectivity index (χ0n) is 72.8. The summed E-state index contributed by atoms with van der Waals surface area (Å²) in [6.45, 7) is 26.4. The van der Waals surface area contributed by atoms with E-state index in [-0.39, 0.29) is 153 Å². The summed E-state index contributed by atoms with van der Waals surface area (Å²) < 4.78 is 36.6. The number of aliphatic hydroxyl groups is 1. The van der Waals surface area contributed by atoms with Crippen molar-refractivity contribution < 1.29 is 143 Å². The Labute approximate surface area is 835 Å². The fourth-order valence-corrected chi connectivity index (χ4v) is 12.9. The van der Waals surface area contributed by atoms with Gasteiger partial charge in [-0.3, -0.25) is 19.7 Å². The van der Waals surface area contributed by atoms with Gasteiger partial charge in [-0.05, 0) is 179 Å². The number of carbonyl (C=O) groups excluding carboxylic acids is 1. The number of halogens is 3. The minimum Gasteiger partial charge on any atom is -0.574 e. The molecule has 9 aromatic heterocycles. The van der Waals surface area contributed by atoms with Crippen molar-refractivity contribution in [2.24, 2.45) is 0 Å². The first-order valence-corrected chi connectivity index (χ1v) is 44.3. The number of nitrogens with zero attached hydrogens (tertiary/aromatic N) is 11. The molecule has 0 atom stereocenters. The molecule has 17 rings (SSSR count). The van der Waals surface area contributed by atoms with Crippen molar-refractivity contribution in [2.45, 2.75) is 68.5 Å². The van der Waals surface area contributed by atoms with Crippen LogP contribution in [0.5, 0.6) is 0 Å². The van der Waals surface area contributed by atoms with Gasteiger partial charge in [0, 0.05) is 177 Å². The minimum absolute atomic E-state index is 0. The molecule has 9 heterocycles. The molecule has 0 amide bonds. The molecule has 5 radical (unpaired) electrons. The second-order valence-electron chi connectivity index (χ2n) is 28.1. The summed E-state index contributed by atoms with van der Waals surface area (Å²) >= 11 is 0. The largest absolute Gasteiger partial charge is 2.00 e. The van der Waals surface area contributed by atoms with Gasteiger partial charge in [-0.15, -0.1) is 179 Å². The number of hydrogen-bond acceptors (Lipinski definition) is 11. The first-order chi connectivity index (χ1) is 58.9. The number of aryl methyl sites for hydroxylation is 7. The average molecular weight is 2810 g/mol. The summed E-state index contributed by atoms with van der Waals surface area (Å²) in [5.74, 6) is -0.0625. The van der Waals surface area contributed by atoms with Gasteiger partial charge in [-0.1, -0.05) is 144 Å². The van der Waals surface area contributed by atoms with Gasteiger partial charge in [0.25, 0.3) is 0 Å². The van der Waals surface area contributed by atoms with Crippen LogP contribution in [0.3, 0.4) is 0 Å². The van der Waals surface area contributed by atoms with E-state index in [1.807, 2.05) is 183 Å². The Morgan fingerprint density at radius 1 is 0.375 bits per heavy atom. The van der Waals surface area contributed by atoms with Crippen LogP contribution in [-0.4, -0.2) is 82.6 Å². The molecule has 13 nitrogen and oxygen atoms in total. The predicted octanol–water partition coefficient (Wildman–Crippen LogP) is 23.9. The molecule has 1 N–H and O–H groups in total. The quantitative estimate of drug-likeness (QED) is 0.0592. The van der Waals surface area contributed by atoms with Crippen LogP contribution in [0.15, 0.2) is 352 Å². The summed E-state index contributed by atoms with van der Waals surface area (Å²) in [7, 11) is -0.424. The maximum Gasteiger partial charge on any atom is 2.00 e. The molecule has 669 valence electrons. The number of aliphatic hydroxyl groups excluding tert-OH is 1. The zero-order chi connectivity index (χ0) is 87.4. The maximum atomic E-state index is 12.2. The Kier molecular flexibility index (Phi) is 55.8. The van der Waals surface area contributed by atoms with E-state index >= 15 is 0 Å². The van der Waals surface area contributed by atoms with Gasteiger partial charge in [0.05, 0.1) is 48.5 Å². The van der Waals surface area contributed by atoms with Crippen molar-refractivity contribution in [1.82, 2.24) is 55.3 Å². The number of fused-ring (bicyclic) bond motifs is 1. The summed E-state index contributed by atoms with van der Waals surface area (Å²) in [5.41, 5.74) is 20.7.